The molecule has 2 heterocycles. The van der Waals surface area contributed by atoms with Gasteiger partial charge in [0, 0.05) is 18.0 Å². The quantitative estimate of drug-likeness (QED) is 0.796. The number of aromatic nitrogens is 1. The highest BCUT2D eigenvalue weighted by molar-refractivity contribution is 6.33. The number of quaternary nitrogens is 1. The third-order valence-corrected chi connectivity index (χ3v) is 5.15. The summed E-state index contributed by atoms with van der Waals surface area (Å²) in [6, 6.07) is 10.3. The topological polar surface area (TPSA) is 66.7 Å². The molecule has 0 bridgehead atoms. The van der Waals surface area contributed by atoms with Gasteiger partial charge in [-0.05, 0) is 31.2 Å². The van der Waals surface area contributed by atoms with Gasteiger partial charge in [-0.2, -0.15) is 0 Å². The molecule has 2 amide bonds. The summed E-state index contributed by atoms with van der Waals surface area (Å²) >= 11 is 6.05. The van der Waals surface area contributed by atoms with Gasteiger partial charge in [-0.25, -0.2) is 0 Å². The molecule has 6 nitrogen and oxygen atoms in total. The molecule has 3 rings (SSSR count). The molecule has 0 spiro atoms. The van der Waals surface area contributed by atoms with Crippen LogP contribution in [0.5, 0.6) is 0 Å². The summed E-state index contributed by atoms with van der Waals surface area (Å²) in [6.45, 7) is 5.80. The van der Waals surface area contributed by atoms with Crippen molar-refractivity contribution in [3.05, 3.63) is 64.9 Å². The number of nitrogens with zero attached hydrogens (tertiary/aromatic N) is 2. The van der Waals surface area contributed by atoms with Crippen LogP contribution in [0.1, 0.15) is 22.8 Å². The van der Waals surface area contributed by atoms with Crippen LogP contribution >= 0.6 is 11.6 Å². The number of piperazine rings is 1. The fourth-order valence-corrected chi connectivity index (χ4v) is 3.49. The zero-order chi connectivity index (χ0) is 19.2. The molecule has 1 atom stereocenters. The summed E-state index contributed by atoms with van der Waals surface area (Å²) in [5.74, 6) is -0.387. The molecule has 0 unspecified atom stereocenters. The Bertz CT molecular complexity index is 792. The summed E-state index contributed by atoms with van der Waals surface area (Å²) in [4.78, 5) is 32.3. The Balaban J connectivity index is 1.50. The van der Waals surface area contributed by atoms with E-state index < -0.39 is 6.04 Å². The molecule has 0 aliphatic carbocycles. The summed E-state index contributed by atoms with van der Waals surface area (Å²) in [5, 5.41) is 3.13. The number of carbonyl (C=O) groups excluding carboxylic acids is 2. The highest BCUT2D eigenvalue weighted by Gasteiger charge is 2.28. The molecule has 1 aromatic carbocycles. The van der Waals surface area contributed by atoms with Gasteiger partial charge in [0.15, 0.2) is 0 Å². The van der Waals surface area contributed by atoms with Crippen molar-refractivity contribution in [3.8, 4) is 0 Å². The molecule has 27 heavy (non-hydrogen) atoms. The Morgan fingerprint density at radius 3 is 2.52 bits per heavy atom. The minimum Gasteiger partial charge on any atom is -0.340 e. The first-order valence-corrected chi connectivity index (χ1v) is 9.49. The Labute approximate surface area is 164 Å². The molecular formula is C20H24ClN4O2+. The number of carbonyl (C=O) groups is 2. The highest BCUT2D eigenvalue weighted by atomic mass is 35.5. The first-order valence-electron chi connectivity index (χ1n) is 9.11. The van der Waals surface area contributed by atoms with Crippen LogP contribution in [0.4, 0.5) is 0 Å². The van der Waals surface area contributed by atoms with Gasteiger partial charge >= 0.3 is 0 Å². The third kappa shape index (κ3) is 5.05. The molecule has 1 aliphatic heterocycles. The van der Waals surface area contributed by atoms with Gasteiger partial charge in [0.25, 0.3) is 5.91 Å². The van der Waals surface area contributed by atoms with Gasteiger partial charge in [0.2, 0.25) is 5.91 Å². The molecule has 0 saturated carbocycles. The fourth-order valence-electron chi connectivity index (χ4n) is 3.26. The molecular weight excluding hydrogens is 364 g/mol. The second-order valence-corrected chi connectivity index (χ2v) is 7.19. The van der Waals surface area contributed by atoms with E-state index in [1.165, 1.54) is 10.5 Å². The molecule has 142 valence electrons. The van der Waals surface area contributed by atoms with E-state index in [9.17, 15) is 9.59 Å². The smallest absolute Gasteiger partial charge is 0.253 e. The molecule has 0 radical (unpaired) electrons. The van der Waals surface area contributed by atoms with E-state index in [1.54, 1.807) is 43.6 Å². The van der Waals surface area contributed by atoms with Crippen LogP contribution in [0.25, 0.3) is 0 Å². The average Bonchev–Trinajstić information content (AvgIpc) is 2.69. The molecule has 7 heteroatoms. The van der Waals surface area contributed by atoms with Gasteiger partial charge in [0.1, 0.15) is 12.6 Å². The Hall–Kier alpha value is -2.44. The first kappa shape index (κ1) is 19.3. The van der Waals surface area contributed by atoms with Gasteiger partial charge in [-0.15, -0.1) is 0 Å². The fraction of sp³-hybridized carbons (Fsp3) is 0.350. The van der Waals surface area contributed by atoms with Crippen LogP contribution in [0.2, 0.25) is 5.02 Å². The number of rotatable bonds is 5. The predicted molar refractivity (Wildman–Crippen MR) is 104 cm³/mol. The molecule has 2 aromatic rings. The minimum absolute atomic E-state index is 0.0571. The SMILES string of the molecule is C[C@H](NC(=O)c1ccccc1Cl)C(=O)N1CC[NH+](Cc2ccncc2)CC1. The van der Waals surface area contributed by atoms with Gasteiger partial charge in [-0.1, -0.05) is 23.7 Å². The summed E-state index contributed by atoms with van der Waals surface area (Å²) in [7, 11) is 0. The monoisotopic (exact) mass is 387 g/mol. The van der Waals surface area contributed by atoms with Crippen LogP contribution < -0.4 is 10.2 Å². The number of halogens is 1. The van der Waals surface area contributed by atoms with Crippen molar-refractivity contribution in [3.63, 3.8) is 0 Å². The van der Waals surface area contributed by atoms with Crippen LogP contribution in [-0.2, 0) is 11.3 Å². The van der Waals surface area contributed by atoms with Crippen molar-refractivity contribution < 1.29 is 14.5 Å². The number of amides is 2. The maximum Gasteiger partial charge on any atom is 0.253 e. The number of pyridine rings is 1. The highest BCUT2D eigenvalue weighted by Crippen LogP contribution is 2.14. The third-order valence-electron chi connectivity index (χ3n) is 4.82. The maximum atomic E-state index is 12.7. The van der Waals surface area contributed by atoms with Crippen molar-refractivity contribution in [1.82, 2.24) is 15.2 Å². The van der Waals surface area contributed by atoms with Crippen molar-refractivity contribution in [1.29, 1.82) is 0 Å². The largest absolute Gasteiger partial charge is 0.340 e. The van der Waals surface area contributed by atoms with Gasteiger partial charge in [-0.3, -0.25) is 14.6 Å². The van der Waals surface area contributed by atoms with E-state index in [1.807, 2.05) is 17.0 Å². The summed E-state index contributed by atoms with van der Waals surface area (Å²) < 4.78 is 0. The molecule has 1 aliphatic rings. The standard InChI is InChI=1S/C20H23ClN4O2/c1-15(23-19(26)17-4-2-3-5-18(17)21)20(27)25-12-10-24(11-13-25)14-16-6-8-22-9-7-16/h2-9,15H,10-14H2,1H3,(H,23,26)/p+1/t15-/m0/s1. The average molecular weight is 388 g/mol. The number of benzene rings is 1. The Kier molecular flexibility index (Phi) is 6.42. The van der Waals surface area contributed by atoms with Crippen LogP contribution in [0.15, 0.2) is 48.8 Å². The zero-order valence-corrected chi connectivity index (χ0v) is 16.1. The van der Waals surface area contributed by atoms with E-state index >= 15 is 0 Å². The lowest BCUT2D eigenvalue weighted by Gasteiger charge is -2.33. The number of hydrogen-bond acceptors (Lipinski definition) is 3. The van der Waals surface area contributed by atoms with E-state index in [2.05, 4.69) is 10.3 Å². The van der Waals surface area contributed by atoms with E-state index in [0.717, 1.165) is 19.6 Å². The molecule has 1 fully saturated rings. The lowest BCUT2D eigenvalue weighted by Crippen LogP contribution is -3.13. The molecule has 1 aromatic heterocycles. The Morgan fingerprint density at radius 1 is 1.19 bits per heavy atom. The number of nitrogens with one attached hydrogen (secondary N) is 2. The van der Waals surface area contributed by atoms with Crippen LogP contribution in [-0.4, -0.2) is 53.9 Å². The molecule has 1 saturated heterocycles. The van der Waals surface area contributed by atoms with Crippen LogP contribution in [0, 0.1) is 0 Å². The van der Waals surface area contributed by atoms with E-state index in [-0.39, 0.29) is 11.8 Å². The Morgan fingerprint density at radius 2 is 1.85 bits per heavy atom. The maximum absolute atomic E-state index is 12.7. The second kappa shape index (κ2) is 8.97. The summed E-state index contributed by atoms with van der Waals surface area (Å²) in [5.41, 5.74) is 1.63. The normalized spacial score (nSPS) is 16.0. The van der Waals surface area contributed by atoms with E-state index in [0.29, 0.717) is 23.7 Å². The van der Waals surface area contributed by atoms with E-state index in [4.69, 9.17) is 11.6 Å². The van der Waals surface area contributed by atoms with Crippen molar-refractivity contribution in [2.45, 2.75) is 19.5 Å². The van der Waals surface area contributed by atoms with Crippen molar-refractivity contribution in [2.24, 2.45) is 0 Å². The van der Waals surface area contributed by atoms with Crippen LogP contribution in [0.3, 0.4) is 0 Å². The number of hydrogen-bond donors (Lipinski definition) is 2. The van der Waals surface area contributed by atoms with Gasteiger partial charge < -0.3 is 15.1 Å². The predicted octanol–water partition coefficient (Wildman–Crippen LogP) is 0.781. The minimum atomic E-state index is -0.587. The zero-order valence-electron chi connectivity index (χ0n) is 15.3. The summed E-state index contributed by atoms with van der Waals surface area (Å²) in [6.07, 6.45) is 3.61. The molecule has 2 N–H and O–H groups in total. The lowest BCUT2D eigenvalue weighted by atomic mass is 10.1. The first-order chi connectivity index (χ1) is 13.0. The van der Waals surface area contributed by atoms with Crippen molar-refractivity contribution >= 4 is 23.4 Å². The van der Waals surface area contributed by atoms with Gasteiger partial charge in [0.05, 0.1) is 36.8 Å². The van der Waals surface area contributed by atoms with Crippen molar-refractivity contribution in [2.75, 3.05) is 26.2 Å². The lowest BCUT2D eigenvalue weighted by molar-refractivity contribution is -0.917. The second-order valence-electron chi connectivity index (χ2n) is 6.78.